The van der Waals surface area contributed by atoms with Crippen LogP contribution in [0.3, 0.4) is 0 Å². The number of carboxylic acids is 2. The normalized spacial score (nSPS) is 13.9. The van der Waals surface area contributed by atoms with Gasteiger partial charge in [0.05, 0.1) is 0 Å². The highest BCUT2D eigenvalue weighted by atomic mass is 16.4. The van der Waals surface area contributed by atoms with Crippen molar-refractivity contribution in [3.8, 4) is 23.0 Å². The van der Waals surface area contributed by atoms with Crippen LogP contribution in [0.2, 0.25) is 0 Å². The van der Waals surface area contributed by atoms with Crippen LogP contribution in [0.15, 0.2) is 131 Å². The Balaban J connectivity index is 0.000000166. The van der Waals surface area contributed by atoms with Crippen LogP contribution >= 0.6 is 0 Å². The molecule has 0 bridgehead atoms. The molecule has 8 rings (SSSR count). The molecule has 12 heteroatoms. The Kier molecular flexibility index (Phi) is 14.0. The molecule has 0 amide bonds. The smallest absolute Gasteiger partial charge is 0.339 e. The van der Waals surface area contributed by atoms with Gasteiger partial charge in [0, 0.05) is 57.8 Å². The third kappa shape index (κ3) is 10.9. The Labute approximate surface area is 353 Å². The molecule has 0 aliphatic carbocycles. The molecule has 0 aromatic heterocycles. The summed E-state index contributed by atoms with van der Waals surface area (Å²) in [5.74, 6) is -0.752. The zero-order chi connectivity index (χ0) is 43.5. The number of benzene rings is 6. The lowest BCUT2D eigenvalue weighted by atomic mass is 9.90. The van der Waals surface area contributed by atoms with Crippen LogP contribution in [0, 0.1) is 0 Å². The van der Waals surface area contributed by atoms with E-state index in [-0.39, 0.29) is 17.5 Å². The Morgan fingerprint density at radius 1 is 0.557 bits per heavy atom. The molecule has 0 spiro atoms. The molecule has 312 valence electrons. The Morgan fingerprint density at radius 2 is 0.967 bits per heavy atom. The number of hydrogen-bond donors (Lipinski definition) is 6. The summed E-state index contributed by atoms with van der Waals surface area (Å²) in [5.41, 5.74) is 2.09. The van der Waals surface area contributed by atoms with Crippen molar-refractivity contribution >= 4 is 57.3 Å². The second-order valence-corrected chi connectivity index (χ2v) is 14.6. The molecule has 2 aliphatic heterocycles. The van der Waals surface area contributed by atoms with Crippen LogP contribution in [0.1, 0.15) is 55.8 Å². The maximum atomic E-state index is 11.6. The number of phenolic OH excluding ortho intramolecular Hbond substituents is 2. The first-order valence-corrected chi connectivity index (χ1v) is 19.8. The number of fused-ring (bicyclic) bond motifs is 2. The van der Waals surface area contributed by atoms with Crippen molar-refractivity contribution in [3.63, 3.8) is 0 Å². The van der Waals surface area contributed by atoms with Crippen molar-refractivity contribution in [1.82, 2.24) is 9.80 Å². The third-order valence-electron chi connectivity index (χ3n) is 10.3. The molecule has 12 nitrogen and oxygen atoms in total. The lowest BCUT2D eigenvalue weighted by Gasteiger charge is -2.22. The SMILES string of the molecule is CN1CCCN=C1/C=C/c1cccc(O)c1.CN1CCCN=C1/C=C/c1cccc(O)c1.O=C(O)c1cc2ccccc2c(Cc2c(O)c(C(=O)O)cc3ccccc23)c1O. The van der Waals surface area contributed by atoms with Gasteiger partial charge < -0.3 is 40.4 Å². The number of aliphatic imine (C=N–C) groups is 2. The molecule has 0 fully saturated rings. The van der Waals surface area contributed by atoms with Gasteiger partial charge in [0.15, 0.2) is 0 Å². The van der Waals surface area contributed by atoms with E-state index in [2.05, 4.69) is 19.8 Å². The highest BCUT2D eigenvalue weighted by molar-refractivity contribution is 6.02. The van der Waals surface area contributed by atoms with E-state index >= 15 is 0 Å². The van der Waals surface area contributed by atoms with Gasteiger partial charge in [0.2, 0.25) is 0 Å². The first-order valence-electron chi connectivity index (χ1n) is 19.8. The van der Waals surface area contributed by atoms with E-state index < -0.39 is 23.4 Å². The van der Waals surface area contributed by atoms with Gasteiger partial charge in [-0.25, -0.2) is 9.59 Å². The minimum Gasteiger partial charge on any atom is -0.508 e. The van der Waals surface area contributed by atoms with Gasteiger partial charge in [-0.2, -0.15) is 0 Å². The van der Waals surface area contributed by atoms with Gasteiger partial charge in [0.25, 0.3) is 0 Å². The van der Waals surface area contributed by atoms with E-state index in [0.29, 0.717) is 44.2 Å². The number of carboxylic acid groups (broad SMARTS) is 2. The number of aromatic carboxylic acids is 2. The summed E-state index contributed by atoms with van der Waals surface area (Å²) in [6.45, 7) is 3.93. The standard InChI is InChI=1S/C23H16O6.2C13H16N2O/c24-20-16(14-7-3-1-5-12(14)9-18(20)22(26)27)11-17-15-8-4-2-6-13(15)10-19(21(17)25)23(28)29;2*1-15-9-3-8-14-13(15)7-6-11-4-2-5-12(16)10-11/h1-10,24-25H,11H2,(H,26,27)(H,28,29);2*2,4-7,10,16H,3,8-9H2,1H3/b;2*7-6+. The lowest BCUT2D eigenvalue weighted by Crippen LogP contribution is -2.30. The summed E-state index contributed by atoms with van der Waals surface area (Å²) in [7, 11) is 4.09. The van der Waals surface area contributed by atoms with Crippen LogP contribution in [-0.4, -0.2) is 104 Å². The maximum Gasteiger partial charge on any atom is 0.339 e. The number of nitrogens with zero attached hydrogens (tertiary/aromatic N) is 4. The van der Waals surface area contributed by atoms with Gasteiger partial charge in [-0.1, -0.05) is 84.9 Å². The molecule has 6 aromatic carbocycles. The highest BCUT2D eigenvalue weighted by Crippen LogP contribution is 2.38. The summed E-state index contributed by atoms with van der Waals surface area (Å²) in [6.07, 6.45) is 10.1. The van der Waals surface area contributed by atoms with Crippen LogP contribution in [-0.2, 0) is 6.42 Å². The number of likely N-dealkylation sites (N-methyl/N-ethyl adjacent to an activating group) is 2. The summed E-state index contributed by atoms with van der Waals surface area (Å²) in [5, 5.41) is 61.5. The maximum absolute atomic E-state index is 11.6. The Morgan fingerprint density at radius 3 is 1.34 bits per heavy atom. The fourth-order valence-corrected chi connectivity index (χ4v) is 7.12. The summed E-state index contributed by atoms with van der Waals surface area (Å²) in [4.78, 5) is 36.4. The molecule has 61 heavy (non-hydrogen) atoms. The minimum atomic E-state index is -1.28. The second kappa shape index (κ2) is 19.9. The predicted octanol–water partition coefficient (Wildman–Crippen LogP) is 8.67. The number of carbonyl (C=O) groups is 2. The molecule has 6 aromatic rings. The van der Waals surface area contributed by atoms with Crippen molar-refractivity contribution in [2.24, 2.45) is 9.98 Å². The van der Waals surface area contributed by atoms with E-state index in [1.165, 1.54) is 12.1 Å². The number of aromatic hydroxyl groups is 4. The van der Waals surface area contributed by atoms with E-state index in [0.717, 1.165) is 61.8 Å². The van der Waals surface area contributed by atoms with E-state index in [1.807, 2.05) is 62.7 Å². The molecule has 0 saturated heterocycles. The molecule has 0 saturated carbocycles. The van der Waals surface area contributed by atoms with Crippen LogP contribution in [0.25, 0.3) is 33.7 Å². The largest absolute Gasteiger partial charge is 0.508 e. The van der Waals surface area contributed by atoms with Gasteiger partial charge in [0.1, 0.15) is 45.8 Å². The zero-order valence-corrected chi connectivity index (χ0v) is 33.9. The number of amidine groups is 2. The molecule has 0 radical (unpaired) electrons. The monoisotopic (exact) mass is 820 g/mol. The van der Waals surface area contributed by atoms with E-state index in [4.69, 9.17) is 0 Å². The fourth-order valence-electron chi connectivity index (χ4n) is 7.12. The zero-order valence-electron chi connectivity index (χ0n) is 33.9. The highest BCUT2D eigenvalue weighted by Gasteiger charge is 2.22. The number of phenols is 4. The number of hydrogen-bond acceptors (Lipinski definition) is 10. The van der Waals surface area contributed by atoms with Crippen LogP contribution in [0.5, 0.6) is 23.0 Å². The lowest BCUT2D eigenvalue weighted by molar-refractivity contribution is 0.0682. The summed E-state index contributed by atoms with van der Waals surface area (Å²) >= 11 is 0. The van der Waals surface area contributed by atoms with Gasteiger partial charge in [-0.05, 0) is 94.1 Å². The molecular weight excluding hydrogens is 773 g/mol. The average Bonchev–Trinajstić information content (AvgIpc) is 3.25. The molecule has 6 N–H and O–H groups in total. The van der Waals surface area contributed by atoms with Crippen LogP contribution < -0.4 is 0 Å². The van der Waals surface area contributed by atoms with E-state index in [1.54, 1.807) is 72.8 Å². The predicted molar refractivity (Wildman–Crippen MR) is 241 cm³/mol. The second-order valence-electron chi connectivity index (χ2n) is 14.6. The molecule has 0 unspecified atom stereocenters. The van der Waals surface area contributed by atoms with Gasteiger partial charge >= 0.3 is 11.9 Å². The van der Waals surface area contributed by atoms with Crippen molar-refractivity contribution in [3.05, 3.63) is 155 Å². The summed E-state index contributed by atoms with van der Waals surface area (Å²) < 4.78 is 0. The Hall–Kier alpha value is -7.60. The minimum absolute atomic E-state index is 0.0407. The fraction of sp³-hybridized carbons (Fsp3) is 0.184. The third-order valence-corrected chi connectivity index (χ3v) is 10.3. The van der Waals surface area contributed by atoms with E-state index in [9.17, 15) is 40.2 Å². The molecule has 2 aliphatic rings. The first kappa shape index (κ1) is 43.0. The van der Waals surface area contributed by atoms with Crippen molar-refractivity contribution in [2.75, 3.05) is 40.3 Å². The number of rotatable bonds is 8. The molecular formula is C49H48N4O8. The molecule has 0 atom stereocenters. The quantitative estimate of drug-likeness (QED) is 0.0868. The topological polar surface area (TPSA) is 187 Å². The van der Waals surface area contributed by atoms with Crippen molar-refractivity contribution < 1.29 is 40.2 Å². The summed E-state index contributed by atoms with van der Waals surface area (Å²) in [6, 6.07) is 31.2. The van der Waals surface area contributed by atoms with Crippen LogP contribution in [0.4, 0.5) is 0 Å². The van der Waals surface area contributed by atoms with Gasteiger partial charge in [-0.15, -0.1) is 0 Å². The average molecular weight is 821 g/mol. The van der Waals surface area contributed by atoms with Crippen molar-refractivity contribution in [2.45, 2.75) is 19.3 Å². The molecule has 2 heterocycles. The Bertz CT molecular complexity index is 2500. The first-order chi connectivity index (χ1) is 29.4. The van der Waals surface area contributed by atoms with Crippen molar-refractivity contribution in [1.29, 1.82) is 0 Å². The van der Waals surface area contributed by atoms with Gasteiger partial charge in [-0.3, -0.25) is 9.98 Å².